The maximum absolute atomic E-state index is 10.7. The fourth-order valence-electron chi connectivity index (χ4n) is 1.66. The molecule has 0 spiro atoms. The van der Waals surface area contributed by atoms with Gasteiger partial charge in [-0.25, -0.2) is 4.98 Å². The summed E-state index contributed by atoms with van der Waals surface area (Å²) in [7, 11) is 0. The molecular weight excluding hydrogens is 214 g/mol. The quantitative estimate of drug-likeness (QED) is 0.779. The summed E-state index contributed by atoms with van der Waals surface area (Å²) in [6.45, 7) is 6.13. The number of hydrogen-bond acceptors (Lipinski definition) is 3. The number of rotatable bonds is 4. The van der Waals surface area contributed by atoms with E-state index in [-0.39, 0.29) is 5.91 Å². The number of aryl methyl sites for hydroxylation is 2. The smallest absolute Gasteiger partial charge is 0.216 e. The molecular formula is C13H19N3O. The van der Waals surface area contributed by atoms with Gasteiger partial charge in [0.25, 0.3) is 0 Å². The normalized spacial score (nSPS) is 10.8. The van der Waals surface area contributed by atoms with Crippen molar-refractivity contribution in [3.8, 4) is 0 Å². The SMILES string of the molecule is CC(=O)NCCC=Cc1c(C)cc(N)nc1C. The van der Waals surface area contributed by atoms with Crippen molar-refractivity contribution in [3.05, 3.63) is 29.0 Å². The van der Waals surface area contributed by atoms with Gasteiger partial charge in [-0.3, -0.25) is 4.79 Å². The number of amides is 1. The summed E-state index contributed by atoms with van der Waals surface area (Å²) in [6, 6.07) is 1.86. The molecule has 3 N–H and O–H groups in total. The van der Waals surface area contributed by atoms with E-state index in [0.29, 0.717) is 12.4 Å². The highest BCUT2D eigenvalue weighted by molar-refractivity contribution is 5.72. The molecule has 92 valence electrons. The number of carbonyl (C=O) groups is 1. The van der Waals surface area contributed by atoms with E-state index in [2.05, 4.69) is 10.3 Å². The average molecular weight is 233 g/mol. The zero-order valence-electron chi connectivity index (χ0n) is 10.6. The van der Waals surface area contributed by atoms with E-state index in [4.69, 9.17) is 5.73 Å². The molecule has 1 aromatic heterocycles. The van der Waals surface area contributed by atoms with Gasteiger partial charge in [-0.2, -0.15) is 0 Å². The van der Waals surface area contributed by atoms with E-state index in [0.717, 1.165) is 23.2 Å². The summed E-state index contributed by atoms with van der Waals surface area (Å²) in [6.07, 6.45) is 4.87. The minimum absolute atomic E-state index is 0.0000811. The second-order valence-electron chi connectivity index (χ2n) is 4.04. The second kappa shape index (κ2) is 6.03. The lowest BCUT2D eigenvalue weighted by Crippen LogP contribution is -2.20. The van der Waals surface area contributed by atoms with Gasteiger partial charge in [0.1, 0.15) is 5.82 Å². The van der Waals surface area contributed by atoms with Gasteiger partial charge < -0.3 is 11.1 Å². The summed E-state index contributed by atoms with van der Waals surface area (Å²) < 4.78 is 0. The van der Waals surface area contributed by atoms with Crippen LogP contribution in [0.5, 0.6) is 0 Å². The highest BCUT2D eigenvalue weighted by Gasteiger charge is 2.01. The Bertz CT molecular complexity index is 415. The third-order valence-corrected chi connectivity index (χ3v) is 2.45. The predicted octanol–water partition coefficient (Wildman–Crippen LogP) is 1.82. The monoisotopic (exact) mass is 233 g/mol. The number of nitrogen functional groups attached to an aromatic ring is 1. The van der Waals surface area contributed by atoms with E-state index < -0.39 is 0 Å². The number of carbonyl (C=O) groups excluding carboxylic acids is 1. The Morgan fingerprint density at radius 2 is 2.24 bits per heavy atom. The van der Waals surface area contributed by atoms with Crippen LogP contribution in [0.15, 0.2) is 12.1 Å². The molecule has 1 amide bonds. The van der Waals surface area contributed by atoms with Crippen molar-refractivity contribution in [1.82, 2.24) is 10.3 Å². The maximum Gasteiger partial charge on any atom is 0.216 e. The van der Waals surface area contributed by atoms with Crippen LogP contribution in [-0.2, 0) is 4.79 Å². The minimum Gasteiger partial charge on any atom is -0.384 e. The number of hydrogen-bond donors (Lipinski definition) is 2. The molecule has 0 saturated carbocycles. The number of nitrogens with zero attached hydrogens (tertiary/aromatic N) is 1. The molecule has 1 heterocycles. The van der Waals surface area contributed by atoms with Crippen molar-refractivity contribution in [2.75, 3.05) is 12.3 Å². The van der Waals surface area contributed by atoms with Crippen LogP contribution in [0.3, 0.4) is 0 Å². The first kappa shape index (κ1) is 13.2. The number of aromatic nitrogens is 1. The van der Waals surface area contributed by atoms with E-state index in [1.54, 1.807) is 0 Å². The van der Waals surface area contributed by atoms with Crippen molar-refractivity contribution < 1.29 is 4.79 Å². The molecule has 4 heteroatoms. The van der Waals surface area contributed by atoms with Crippen LogP contribution in [0.2, 0.25) is 0 Å². The van der Waals surface area contributed by atoms with Gasteiger partial charge in [0.15, 0.2) is 0 Å². The van der Waals surface area contributed by atoms with Gasteiger partial charge in [0, 0.05) is 19.2 Å². The first-order valence-corrected chi connectivity index (χ1v) is 5.65. The lowest BCUT2D eigenvalue weighted by atomic mass is 10.1. The van der Waals surface area contributed by atoms with Crippen molar-refractivity contribution in [1.29, 1.82) is 0 Å². The number of pyridine rings is 1. The van der Waals surface area contributed by atoms with Gasteiger partial charge in [-0.15, -0.1) is 0 Å². The lowest BCUT2D eigenvalue weighted by Gasteiger charge is -2.05. The number of nitrogens with two attached hydrogens (primary N) is 1. The Morgan fingerprint density at radius 1 is 1.53 bits per heavy atom. The van der Waals surface area contributed by atoms with Crippen LogP contribution >= 0.6 is 0 Å². The third kappa shape index (κ3) is 4.26. The zero-order valence-corrected chi connectivity index (χ0v) is 10.6. The first-order chi connectivity index (χ1) is 8.00. The molecule has 17 heavy (non-hydrogen) atoms. The number of anilines is 1. The second-order valence-corrected chi connectivity index (χ2v) is 4.04. The highest BCUT2D eigenvalue weighted by Crippen LogP contribution is 2.16. The van der Waals surface area contributed by atoms with Gasteiger partial charge >= 0.3 is 0 Å². The maximum atomic E-state index is 10.7. The van der Waals surface area contributed by atoms with Crippen molar-refractivity contribution in [2.24, 2.45) is 0 Å². The zero-order chi connectivity index (χ0) is 12.8. The largest absolute Gasteiger partial charge is 0.384 e. The molecule has 0 aliphatic rings. The molecule has 0 bridgehead atoms. The highest BCUT2D eigenvalue weighted by atomic mass is 16.1. The van der Waals surface area contributed by atoms with Crippen LogP contribution in [0.25, 0.3) is 6.08 Å². The molecule has 0 aliphatic heterocycles. The van der Waals surface area contributed by atoms with E-state index in [1.807, 2.05) is 32.1 Å². The molecule has 0 unspecified atom stereocenters. The Hall–Kier alpha value is -1.84. The van der Waals surface area contributed by atoms with Gasteiger partial charge in [-0.1, -0.05) is 12.2 Å². The Kier molecular flexibility index (Phi) is 4.69. The summed E-state index contributed by atoms with van der Waals surface area (Å²) in [4.78, 5) is 14.9. The van der Waals surface area contributed by atoms with Crippen LogP contribution in [0.4, 0.5) is 5.82 Å². The minimum atomic E-state index is -0.0000811. The van der Waals surface area contributed by atoms with Crippen molar-refractivity contribution >= 4 is 17.8 Å². The topological polar surface area (TPSA) is 68.0 Å². The molecule has 0 saturated heterocycles. The van der Waals surface area contributed by atoms with Crippen LogP contribution in [0, 0.1) is 13.8 Å². The first-order valence-electron chi connectivity index (χ1n) is 5.65. The summed E-state index contributed by atoms with van der Waals surface area (Å²) in [5.41, 5.74) is 8.80. The van der Waals surface area contributed by atoms with Crippen LogP contribution < -0.4 is 11.1 Å². The third-order valence-electron chi connectivity index (χ3n) is 2.45. The summed E-state index contributed by atoms with van der Waals surface area (Å²) in [5, 5.41) is 2.74. The van der Waals surface area contributed by atoms with Gasteiger partial charge in [0.05, 0.1) is 0 Å². The molecule has 0 aliphatic carbocycles. The lowest BCUT2D eigenvalue weighted by molar-refractivity contribution is -0.118. The molecule has 0 radical (unpaired) electrons. The number of nitrogens with one attached hydrogen (secondary N) is 1. The Morgan fingerprint density at radius 3 is 2.82 bits per heavy atom. The van der Waals surface area contributed by atoms with Crippen LogP contribution in [-0.4, -0.2) is 17.4 Å². The molecule has 1 rings (SSSR count). The standard InChI is InChI=1S/C13H19N3O/c1-9-8-13(14)16-10(2)12(9)6-4-5-7-15-11(3)17/h4,6,8H,5,7H2,1-3H3,(H2,14,16)(H,15,17). The molecule has 0 aromatic carbocycles. The van der Waals surface area contributed by atoms with E-state index in [9.17, 15) is 4.79 Å². The molecule has 0 atom stereocenters. The van der Waals surface area contributed by atoms with Gasteiger partial charge in [0.2, 0.25) is 5.91 Å². The average Bonchev–Trinajstić information content (AvgIpc) is 2.20. The summed E-state index contributed by atoms with van der Waals surface area (Å²) >= 11 is 0. The molecule has 0 fully saturated rings. The fraction of sp³-hybridized carbons (Fsp3) is 0.385. The Labute approximate surface area is 102 Å². The summed E-state index contributed by atoms with van der Waals surface area (Å²) in [5.74, 6) is 0.551. The predicted molar refractivity (Wildman–Crippen MR) is 70.5 cm³/mol. The molecule has 1 aromatic rings. The van der Waals surface area contributed by atoms with Crippen LogP contribution in [0.1, 0.15) is 30.2 Å². The van der Waals surface area contributed by atoms with Crippen molar-refractivity contribution in [3.63, 3.8) is 0 Å². The Balaban J connectivity index is 2.62. The van der Waals surface area contributed by atoms with Gasteiger partial charge in [-0.05, 0) is 37.5 Å². The fourth-order valence-corrected chi connectivity index (χ4v) is 1.66. The molecule has 4 nitrogen and oxygen atoms in total. The van der Waals surface area contributed by atoms with E-state index in [1.165, 1.54) is 6.92 Å². The van der Waals surface area contributed by atoms with E-state index >= 15 is 0 Å². The van der Waals surface area contributed by atoms with Crippen molar-refractivity contribution in [2.45, 2.75) is 27.2 Å².